The van der Waals surface area contributed by atoms with Gasteiger partial charge in [-0.3, -0.25) is 4.79 Å². The fourth-order valence-electron chi connectivity index (χ4n) is 3.89. The number of hydrogen-bond acceptors (Lipinski definition) is 4. The summed E-state index contributed by atoms with van der Waals surface area (Å²) in [6.45, 7) is 8.01. The molecule has 0 atom stereocenters. The van der Waals surface area contributed by atoms with Crippen molar-refractivity contribution in [2.75, 3.05) is 20.3 Å². The maximum absolute atomic E-state index is 13.3. The fourth-order valence-corrected chi connectivity index (χ4v) is 5.12. The van der Waals surface area contributed by atoms with E-state index in [1.807, 2.05) is 43.3 Å². The molecular weight excluding hydrogens is 408 g/mol. The maximum atomic E-state index is 13.3. The van der Waals surface area contributed by atoms with Crippen LogP contribution in [0.4, 0.5) is 0 Å². The van der Waals surface area contributed by atoms with Crippen molar-refractivity contribution in [1.82, 2.24) is 4.57 Å². The Morgan fingerprint density at radius 3 is 2.55 bits per heavy atom. The van der Waals surface area contributed by atoms with Gasteiger partial charge in [0.1, 0.15) is 5.75 Å². The normalized spacial score (nSPS) is 12.1. The summed E-state index contributed by atoms with van der Waals surface area (Å²) in [6, 6.07) is 16.0. The van der Waals surface area contributed by atoms with Gasteiger partial charge in [0, 0.05) is 13.2 Å². The lowest BCUT2D eigenvalue weighted by Crippen LogP contribution is -2.20. The fraction of sp³-hybridized carbons (Fsp3) is 0.280. The molecule has 0 spiro atoms. The van der Waals surface area contributed by atoms with Crippen molar-refractivity contribution in [3.8, 4) is 5.75 Å². The van der Waals surface area contributed by atoms with Crippen LogP contribution in [0.15, 0.2) is 53.5 Å². The highest BCUT2D eigenvalue weighted by Crippen LogP contribution is 2.27. The molecule has 0 saturated carbocycles. The van der Waals surface area contributed by atoms with Crippen molar-refractivity contribution in [1.29, 1.82) is 0 Å². The summed E-state index contributed by atoms with van der Waals surface area (Å²) >= 11 is 1.53. The van der Waals surface area contributed by atoms with Gasteiger partial charge in [-0.15, -0.1) is 0 Å². The number of fused-ring (bicyclic) bond motifs is 2. The average molecular weight is 435 g/mol. The van der Waals surface area contributed by atoms with E-state index in [2.05, 4.69) is 35.5 Å². The minimum atomic E-state index is -0.311. The van der Waals surface area contributed by atoms with E-state index >= 15 is 0 Å². The van der Waals surface area contributed by atoms with E-state index in [1.54, 1.807) is 7.11 Å². The molecule has 160 valence electrons. The lowest BCUT2D eigenvalue weighted by Gasteiger charge is -2.09. The van der Waals surface area contributed by atoms with Gasteiger partial charge >= 0.3 is 0 Å². The van der Waals surface area contributed by atoms with Crippen LogP contribution in [-0.4, -0.2) is 30.8 Å². The van der Waals surface area contributed by atoms with Gasteiger partial charge in [-0.2, -0.15) is 4.99 Å². The average Bonchev–Trinajstić information content (AvgIpc) is 3.09. The summed E-state index contributed by atoms with van der Waals surface area (Å²) in [5.41, 5.74) is 3.92. The predicted molar refractivity (Wildman–Crippen MR) is 126 cm³/mol. The number of amides is 1. The molecule has 0 fully saturated rings. The van der Waals surface area contributed by atoms with Crippen LogP contribution in [0.2, 0.25) is 0 Å². The molecular formula is C25H26N2O3S. The zero-order valence-corrected chi connectivity index (χ0v) is 19.1. The Morgan fingerprint density at radius 2 is 1.84 bits per heavy atom. The van der Waals surface area contributed by atoms with Crippen LogP contribution < -0.4 is 9.54 Å². The van der Waals surface area contributed by atoms with Gasteiger partial charge in [-0.1, -0.05) is 41.7 Å². The monoisotopic (exact) mass is 434 g/mol. The summed E-state index contributed by atoms with van der Waals surface area (Å²) in [5, 5.41) is 2.00. The predicted octanol–water partition coefficient (Wildman–Crippen LogP) is 5.26. The highest BCUT2D eigenvalue weighted by molar-refractivity contribution is 7.16. The number of aromatic nitrogens is 1. The maximum Gasteiger partial charge on any atom is 0.283 e. The Balaban J connectivity index is 1.87. The van der Waals surface area contributed by atoms with Crippen molar-refractivity contribution in [2.45, 2.75) is 27.3 Å². The molecule has 31 heavy (non-hydrogen) atoms. The Labute approximate surface area is 185 Å². The lowest BCUT2D eigenvalue weighted by atomic mass is 10.1. The third-order valence-electron chi connectivity index (χ3n) is 5.27. The molecule has 4 rings (SSSR count). The van der Waals surface area contributed by atoms with E-state index in [-0.39, 0.29) is 5.91 Å². The number of hydrogen-bond donors (Lipinski definition) is 0. The summed E-state index contributed by atoms with van der Waals surface area (Å²) < 4.78 is 14.3. The van der Waals surface area contributed by atoms with E-state index in [1.165, 1.54) is 22.5 Å². The van der Waals surface area contributed by atoms with Crippen molar-refractivity contribution in [2.24, 2.45) is 4.99 Å². The van der Waals surface area contributed by atoms with Gasteiger partial charge in [0.2, 0.25) is 0 Å². The number of ether oxygens (including phenoxy) is 2. The summed E-state index contributed by atoms with van der Waals surface area (Å²) in [5.74, 6) is 0.218. The Morgan fingerprint density at radius 1 is 1.10 bits per heavy atom. The zero-order chi connectivity index (χ0) is 22.0. The first kappa shape index (κ1) is 21.3. The van der Waals surface area contributed by atoms with E-state index < -0.39 is 0 Å². The van der Waals surface area contributed by atoms with Gasteiger partial charge in [-0.25, -0.2) is 0 Å². The summed E-state index contributed by atoms with van der Waals surface area (Å²) in [6.07, 6.45) is 0. The highest BCUT2D eigenvalue weighted by Gasteiger charge is 2.15. The second kappa shape index (κ2) is 9.04. The van der Waals surface area contributed by atoms with Gasteiger partial charge in [0.15, 0.2) is 4.80 Å². The molecule has 0 bridgehead atoms. The molecule has 0 radical (unpaired) electrons. The molecule has 5 nitrogen and oxygen atoms in total. The highest BCUT2D eigenvalue weighted by atomic mass is 32.1. The number of rotatable bonds is 6. The molecule has 6 heteroatoms. The van der Waals surface area contributed by atoms with Crippen LogP contribution in [0.3, 0.4) is 0 Å². The van der Waals surface area contributed by atoms with Gasteiger partial charge in [-0.05, 0) is 60.9 Å². The molecule has 0 saturated heterocycles. The Hall–Kier alpha value is -2.96. The lowest BCUT2D eigenvalue weighted by molar-refractivity contribution is 0.0994. The first-order chi connectivity index (χ1) is 15.0. The molecule has 0 aliphatic heterocycles. The number of carbonyl (C=O) groups excluding carboxylic acids is 1. The molecule has 1 heterocycles. The summed E-state index contributed by atoms with van der Waals surface area (Å²) in [4.78, 5) is 18.5. The molecule has 3 aromatic carbocycles. The van der Waals surface area contributed by atoms with E-state index in [0.29, 0.717) is 35.9 Å². The third-order valence-corrected chi connectivity index (χ3v) is 6.30. The van der Waals surface area contributed by atoms with E-state index in [4.69, 9.17) is 9.47 Å². The van der Waals surface area contributed by atoms with Crippen molar-refractivity contribution < 1.29 is 14.3 Å². The van der Waals surface area contributed by atoms with Gasteiger partial charge in [0.05, 0.1) is 29.5 Å². The van der Waals surface area contributed by atoms with Crippen LogP contribution >= 0.6 is 11.3 Å². The second-order valence-corrected chi connectivity index (χ2v) is 8.49. The molecule has 0 N–H and O–H groups in total. The van der Waals surface area contributed by atoms with E-state index in [9.17, 15) is 4.79 Å². The summed E-state index contributed by atoms with van der Waals surface area (Å²) in [7, 11) is 1.58. The Bertz CT molecular complexity index is 1330. The smallest absolute Gasteiger partial charge is 0.283 e. The SMILES string of the molecule is CCOCCn1c(=NC(=O)c2cc3ccccc3cc2OC)sc2cc(C)cc(C)c21. The molecule has 1 aromatic heterocycles. The first-order valence-electron chi connectivity index (χ1n) is 10.4. The number of methoxy groups -OCH3 is 1. The van der Waals surface area contributed by atoms with Crippen LogP contribution in [0.25, 0.3) is 21.0 Å². The molecule has 0 aliphatic carbocycles. The van der Waals surface area contributed by atoms with Gasteiger partial charge < -0.3 is 14.0 Å². The van der Waals surface area contributed by atoms with Crippen molar-refractivity contribution >= 4 is 38.2 Å². The number of aryl methyl sites for hydroxylation is 2. The van der Waals surface area contributed by atoms with Crippen molar-refractivity contribution in [3.63, 3.8) is 0 Å². The third kappa shape index (κ3) is 4.27. The second-order valence-electron chi connectivity index (χ2n) is 7.48. The zero-order valence-electron chi connectivity index (χ0n) is 18.3. The Kier molecular flexibility index (Phi) is 6.20. The molecule has 0 unspecified atom stereocenters. The first-order valence-corrected chi connectivity index (χ1v) is 11.2. The standard InChI is InChI=1S/C25H26N2O3S/c1-5-30-11-10-27-23-17(3)12-16(2)13-22(23)31-25(27)26-24(28)20-14-18-8-6-7-9-19(18)15-21(20)29-4/h6-9,12-15H,5,10-11H2,1-4H3. The van der Waals surface area contributed by atoms with Crippen LogP contribution in [-0.2, 0) is 11.3 Å². The van der Waals surface area contributed by atoms with Crippen LogP contribution in [0.5, 0.6) is 5.75 Å². The molecule has 4 aromatic rings. The topological polar surface area (TPSA) is 52.8 Å². The number of carbonyl (C=O) groups is 1. The largest absolute Gasteiger partial charge is 0.496 e. The quantitative estimate of drug-likeness (QED) is 0.389. The minimum Gasteiger partial charge on any atom is -0.496 e. The van der Waals surface area contributed by atoms with Crippen molar-refractivity contribution in [3.05, 3.63) is 70.0 Å². The molecule has 1 amide bonds. The number of benzene rings is 3. The molecule has 0 aliphatic rings. The van der Waals surface area contributed by atoms with Crippen LogP contribution in [0, 0.1) is 13.8 Å². The van der Waals surface area contributed by atoms with Crippen LogP contribution in [0.1, 0.15) is 28.4 Å². The number of nitrogens with zero attached hydrogens (tertiary/aromatic N) is 2. The minimum absolute atomic E-state index is 0.311. The van der Waals surface area contributed by atoms with Gasteiger partial charge in [0.25, 0.3) is 5.91 Å². The van der Waals surface area contributed by atoms with E-state index in [0.717, 1.165) is 21.0 Å². The number of thiazole rings is 1.